The Morgan fingerprint density at radius 1 is 1.20 bits per heavy atom. The fourth-order valence-electron chi connectivity index (χ4n) is 3.25. The van der Waals surface area contributed by atoms with Gasteiger partial charge in [0.05, 0.1) is 23.4 Å². The highest BCUT2D eigenvalue weighted by atomic mass is 35.5. The molecular weight excluding hydrogens is 478 g/mol. The van der Waals surface area contributed by atoms with Gasteiger partial charge in [-0.3, -0.25) is 9.78 Å². The van der Waals surface area contributed by atoms with Crippen LogP contribution in [-0.4, -0.2) is 63.5 Å². The Morgan fingerprint density at radius 3 is 2.63 bits per heavy atom. The summed E-state index contributed by atoms with van der Waals surface area (Å²) < 4.78 is 5.04. The first-order chi connectivity index (χ1) is 16.8. The number of ether oxygens (including phenoxy) is 1. The number of aliphatic carboxylic acids is 1. The topological polar surface area (TPSA) is 158 Å². The van der Waals surface area contributed by atoms with E-state index < -0.39 is 30.7 Å². The van der Waals surface area contributed by atoms with Crippen LogP contribution in [0.15, 0.2) is 54.7 Å². The molecule has 1 aromatic heterocycles. The van der Waals surface area contributed by atoms with E-state index in [4.69, 9.17) is 26.6 Å². The number of benzene rings is 2. The molecule has 2 atom stereocenters. The van der Waals surface area contributed by atoms with E-state index in [0.29, 0.717) is 29.1 Å². The van der Waals surface area contributed by atoms with Crippen molar-refractivity contribution in [2.24, 2.45) is 0 Å². The number of rotatable bonds is 7. The Labute approximate surface area is 205 Å². The van der Waals surface area contributed by atoms with Gasteiger partial charge in [0.2, 0.25) is 5.91 Å². The van der Waals surface area contributed by atoms with Crippen LogP contribution in [0.2, 0.25) is 5.02 Å². The SMILES string of the molecule is O=C(OCC(O)CO)c1ccccc1Nc1ccnc2cc(Cl)ccc12.O=C1CC[C@@H](C(=O)O)N1. The number of aliphatic hydroxyl groups is 2. The Morgan fingerprint density at radius 2 is 1.97 bits per heavy atom. The Kier molecular flexibility index (Phi) is 8.96. The number of pyridine rings is 1. The van der Waals surface area contributed by atoms with Gasteiger partial charge in [0.1, 0.15) is 18.8 Å². The average molecular weight is 502 g/mol. The molecule has 1 unspecified atom stereocenters. The van der Waals surface area contributed by atoms with Crippen molar-refractivity contribution in [2.45, 2.75) is 25.0 Å². The molecule has 4 rings (SSSR count). The van der Waals surface area contributed by atoms with Crippen LogP contribution in [-0.2, 0) is 14.3 Å². The van der Waals surface area contributed by atoms with Crippen molar-refractivity contribution in [1.29, 1.82) is 0 Å². The molecule has 0 aliphatic carbocycles. The molecular formula is C24H24ClN3O7. The van der Waals surface area contributed by atoms with Gasteiger partial charge < -0.3 is 30.7 Å². The summed E-state index contributed by atoms with van der Waals surface area (Å²) in [6.45, 7) is -0.751. The first-order valence-electron chi connectivity index (χ1n) is 10.7. The highest BCUT2D eigenvalue weighted by Crippen LogP contribution is 2.28. The number of nitrogens with one attached hydrogen (secondary N) is 2. The molecule has 2 heterocycles. The second kappa shape index (κ2) is 12.1. The van der Waals surface area contributed by atoms with Gasteiger partial charge in [-0.2, -0.15) is 0 Å². The predicted molar refractivity (Wildman–Crippen MR) is 129 cm³/mol. The molecule has 35 heavy (non-hydrogen) atoms. The zero-order valence-electron chi connectivity index (χ0n) is 18.5. The minimum absolute atomic E-state index is 0.164. The van der Waals surface area contributed by atoms with Gasteiger partial charge in [0, 0.05) is 28.7 Å². The van der Waals surface area contributed by atoms with E-state index in [-0.39, 0.29) is 12.5 Å². The standard InChI is InChI=1S/C19H17ClN2O4.C5H7NO3/c20-12-5-6-14-17(7-8-21-18(14)9-12)22-16-4-2-1-3-15(16)19(25)26-11-13(24)10-23;7-4-2-1-3(6-4)5(8)9/h1-9,13,23-24H,10-11H2,(H,21,22);3H,1-2H2,(H,6,7)(H,8,9)/t;3-/m.0/s1. The van der Waals surface area contributed by atoms with Gasteiger partial charge in [0.15, 0.2) is 0 Å². The van der Waals surface area contributed by atoms with E-state index in [1.54, 1.807) is 48.7 Å². The van der Waals surface area contributed by atoms with Crippen molar-refractivity contribution >= 4 is 51.7 Å². The van der Waals surface area contributed by atoms with Crippen molar-refractivity contribution in [3.63, 3.8) is 0 Å². The lowest BCUT2D eigenvalue weighted by Gasteiger charge is -2.14. The number of carbonyl (C=O) groups is 3. The van der Waals surface area contributed by atoms with Crippen LogP contribution in [0.4, 0.5) is 11.4 Å². The largest absolute Gasteiger partial charge is 0.480 e. The van der Waals surface area contributed by atoms with Crippen LogP contribution in [0.25, 0.3) is 10.9 Å². The van der Waals surface area contributed by atoms with Gasteiger partial charge in [-0.25, -0.2) is 9.59 Å². The van der Waals surface area contributed by atoms with Gasteiger partial charge in [-0.15, -0.1) is 0 Å². The third-order valence-electron chi connectivity index (χ3n) is 5.03. The maximum atomic E-state index is 12.3. The molecule has 1 saturated heterocycles. The number of aliphatic hydroxyl groups excluding tert-OH is 2. The summed E-state index contributed by atoms with van der Waals surface area (Å²) in [4.78, 5) is 37.1. The normalized spacial score (nSPS) is 15.5. The summed E-state index contributed by atoms with van der Waals surface area (Å²) >= 11 is 6.01. The second-order valence-corrected chi connectivity index (χ2v) is 8.06. The van der Waals surface area contributed by atoms with Crippen molar-refractivity contribution < 1.29 is 34.4 Å². The minimum atomic E-state index is -1.10. The van der Waals surface area contributed by atoms with E-state index >= 15 is 0 Å². The number of esters is 1. The Bertz CT molecular complexity index is 1220. The van der Waals surface area contributed by atoms with Crippen molar-refractivity contribution in [3.8, 4) is 0 Å². The summed E-state index contributed by atoms with van der Waals surface area (Å²) in [7, 11) is 0. The van der Waals surface area contributed by atoms with Crippen molar-refractivity contribution in [1.82, 2.24) is 10.3 Å². The molecule has 2 aromatic carbocycles. The fourth-order valence-corrected chi connectivity index (χ4v) is 3.41. The molecule has 11 heteroatoms. The lowest BCUT2D eigenvalue weighted by Crippen LogP contribution is -2.32. The Balaban J connectivity index is 0.000000320. The maximum absolute atomic E-state index is 12.3. The third-order valence-corrected chi connectivity index (χ3v) is 5.27. The van der Waals surface area contributed by atoms with E-state index in [1.165, 1.54) is 0 Å². The first kappa shape index (κ1) is 25.9. The van der Waals surface area contributed by atoms with E-state index in [0.717, 1.165) is 16.6 Å². The van der Waals surface area contributed by atoms with Crippen LogP contribution in [0, 0.1) is 0 Å². The zero-order valence-corrected chi connectivity index (χ0v) is 19.2. The van der Waals surface area contributed by atoms with Gasteiger partial charge >= 0.3 is 11.9 Å². The van der Waals surface area contributed by atoms with Gasteiger partial charge in [0.25, 0.3) is 0 Å². The monoisotopic (exact) mass is 501 g/mol. The molecule has 184 valence electrons. The number of para-hydroxylation sites is 1. The summed E-state index contributed by atoms with van der Waals surface area (Å²) in [6.07, 6.45) is 1.32. The maximum Gasteiger partial charge on any atom is 0.340 e. The quantitative estimate of drug-likeness (QED) is 0.306. The molecule has 0 bridgehead atoms. The van der Waals surface area contributed by atoms with Crippen molar-refractivity contribution in [2.75, 3.05) is 18.5 Å². The average Bonchev–Trinajstić information content (AvgIpc) is 3.29. The number of nitrogens with zero attached hydrogens (tertiary/aromatic N) is 1. The summed E-state index contributed by atoms with van der Waals surface area (Å²) in [6, 6.07) is 13.4. The predicted octanol–water partition coefficient (Wildman–Crippen LogP) is 2.49. The minimum Gasteiger partial charge on any atom is -0.480 e. The zero-order chi connectivity index (χ0) is 25.4. The second-order valence-electron chi connectivity index (χ2n) is 7.62. The number of fused-ring (bicyclic) bond motifs is 1. The number of anilines is 2. The number of amides is 1. The number of halogens is 1. The number of carbonyl (C=O) groups excluding carboxylic acids is 2. The summed E-state index contributed by atoms with van der Waals surface area (Å²) in [5, 5.41) is 33.5. The van der Waals surface area contributed by atoms with Crippen LogP contribution in [0.5, 0.6) is 0 Å². The van der Waals surface area contributed by atoms with Gasteiger partial charge in [-0.05, 0) is 42.8 Å². The molecule has 0 spiro atoms. The van der Waals surface area contributed by atoms with Gasteiger partial charge in [-0.1, -0.05) is 23.7 Å². The molecule has 1 amide bonds. The van der Waals surface area contributed by atoms with Crippen LogP contribution in [0.1, 0.15) is 23.2 Å². The molecule has 1 aliphatic heterocycles. The molecule has 0 saturated carbocycles. The number of aromatic nitrogens is 1. The number of hydrogen-bond acceptors (Lipinski definition) is 8. The molecule has 1 aliphatic rings. The molecule has 5 N–H and O–H groups in total. The van der Waals surface area contributed by atoms with Crippen molar-refractivity contribution in [3.05, 3.63) is 65.3 Å². The number of carboxylic acid groups (broad SMARTS) is 1. The fraction of sp³-hybridized carbons (Fsp3) is 0.250. The van der Waals surface area contributed by atoms with E-state index in [9.17, 15) is 19.5 Å². The summed E-state index contributed by atoms with van der Waals surface area (Å²) in [5.41, 5.74) is 2.37. The van der Waals surface area contributed by atoms with Crippen LogP contribution < -0.4 is 10.6 Å². The molecule has 0 radical (unpaired) electrons. The third kappa shape index (κ3) is 7.12. The summed E-state index contributed by atoms with van der Waals surface area (Å²) in [5.74, 6) is -1.70. The van der Waals surface area contributed by atoms with Crippen LogP contribution in [0.3, 0.4) is 0 Å². The Hall–Kier alpha value is -3.73. The smallest absolute Gasteiger partial charge is 0.340 e. The highest BCUT2D eigenvalue weighted by Gasteiger charge is 2.26. The first-order valence-corrected chi connectivity index (χ1v) is 11.0. The molecule has 10 nitrogen and oxygen atoms in total. The number of hydrogen-bond donors (Lipinski definition) is 5. The molecule has 3 aromatic rings. The molecule has 1 fully saturated rings. The number of carboxylic acids is 1. The van der Waals surface area contributed by atoms with Crippen LogP contribution >= 0.6 is 11.6 Å². The lowest BCUT2D eigenvalue weighted by molar-refractivity contribution is -0.140. The highest BCUT2D eigenvalue weighted by molar-refractivity contribution is 6.31. The van der Waals surface area contributed by atoms with E-state index in [1.807, 2.05) is 6.07 Å². The van der Waals surface area contributed by atoms with E-state index in [2.05, 4.69) is 15.6 Å². The lowest BCUT2D eigenvalue weighted by atomic mass is 10.1.